The first-order valence-corrected chi connectivity index (χ1v) is 9.66. The van der Waals surface area contributed by atoms with E-state index in [-0.39, 0.29) is 11.4 Å². The Kier molecular flexibility index (Phi) is 5.13. The molecule has 142 valence electrons. The molecule has 0 radical (unpaired) electrons. The predicted octanol–water partition coefficient (Wildman–Crippen LogP) is 5.38. The monoisotopic (exact) mass is 419 g/mol. The number of carbonyl (C=O) groups excluding carboxylic acids is 1. The van der Waals surface area contributed by atoms with Crippen molar-refractivity contribution in [3.63, 3.8) is 0 Å². The molecule has 6 nitrogen and oxygen atoms in total. The van der Waals surface area contributed by atoms with Gasteiger partial charge in [-0.1, -0.05) is 12.1 Å². The summed E-state index contributed by atoms with van der Waals surface area (Å²) < 4.78 is 34.9. The number of nitrogens with one attached hydrogen (secondary N) is 1. The largest absolute Gasteiger partial charge is 0.462 e. The Bertz CT molecular complexity index is 1090. The van der Waals surface area contributed by atoms with Crippen LogP contribution in [0.25, 0.3) is 22.0 Å². The molecule has 3 aromatic heterocycles. The van der Waals surface area contributed by atoms with Crippen LogP contribution in [0.3, 0.4) is 0 Å². The van der Waals surface area contributed by atoms with Crippen LogP contribution in [0.15, 0.2) is 57.8 Å². The number of ether oxygens (including phenoxy) is 1. The molecule has 3 heterocycles. The van der Waals surface area contributed by atoms with Crippen molar-refractivity contribution >= 4 is 33.7 Å². The molecule has 0 saturated carbocycles. The first-order chi connectivity index (χ1) is 13.6. The van der Waals surface area contributed by atoms with Gasteiger partial charge in [0.1, 0.15) is 11.4 Å². The normalized spacial score (nSPS) is 11.0. The number of para-hydroxylation sites is 1. The van der Waals surface area contributed by atoms with Crippen LogP contribution in [-0.2, 0) is 0 Å². The number of halogens is 2. The number of hydrogen-bond acceptors (Lipinski definition) is 7. The summed E-state index contributed by atoms with van der Waals surface area (Å²) in [6.07, 6.45) is 1.53. The number of carbonyl (C=O) groups is 1. The highest BCUT2D eigenvalue weighted by molar-refractivity contribution is 7.14. The average molecular weight is 419 g/mol. The molecule has 0 saturated heterocycles. The smallest absolute Gasteiger partial charge is 0.387 e. The Balaban J connectivity index is 1.50. The second-order valence-corrected chi connectivity index (χ2v) is 7.10. The molecule has 0 fully saturated rings. The van der Waals surface area contributed by atoms with E-state index in [0.29, 0.717) is 27.2 Å². The minimum absolute atomic E-state index is 0.0169. The SMILES string of the molecule is O=C(Nc1nc(-c2ccccc2OC(F)F)cs1)c1csc(-c2ccco2)n1. The molecule has 0 unspecified atom stereocenters. The lowest BCUT2D eigenvalue weighted by atomic mass is 10.1. The van der Waals surface area contributed by atoms with Crippen LogP contribution in [0.5, 0.6) is 5.75 Å². The molecule has 4 rings (SSSR count). The van der Waals surface area contributed by atoms with E-state index in [9.17, 15) is 13.6 Å². The summed E-state index contributed by atoms with van der Waals surface area (Å²) in [5.74, 6) is 0.173. The molecule has 0 aliphatic carbocycles. The molecule has 0 spiro atoms. The van der Waals surface area contributed by atoms with Crippen molar-refractivity contribution in [3.05, 3.63) is 59.1 Å². The van der Waals surface area contributed by atoms with Gasteiger partial charge in [-0.15, -0.1) is 22.7 Å². The molecule has 0 bridgehead atoms. The van der Waals surface area contributed by atoms with Crippen molar-refractivity contribution in [2.45, 2.75) is 6.61 Å². The van der Waals surface area contributed by atoms with Crippen LogP contribution in [-0.4, -0.2) is 22.5 Å². The number of amides is 1. The van der Waals surface area contributed by atoms with E-state index in [0.717, 1.165) is 0 Å². The molecule has 4 aromatic rings. The Morgan fingerprint density at radius 3 is 2.75 bits per heavy atom. The third-order valence-corrected chi connectivity index (χ3v) is 5.19. The minimum Gasteiger partial charge on any atom is -0.462 e. The van der Waals surface area contributed by atoms with E-state index in [1.165, 1.54) is 35.0 Å². The van der Waals surface area contributed by atoms with Gasteiger partial charge in [0, 0.05) is 16.3 Å². The third kappa shape index (κ3) is 3.92. The van der Waals surface area contributed by atoms with E-state index in [2.05, 4.69) is 20.0 Å². The molecule has 1 aromatic carbocycles. The fourth-order valence-electron chi connectivity index (χ4n) is 2.38. The van der Waals surface area contributed by atoms with Crippen LogP contribution in [0.2, 0.25) is 0 Å². The molecular weight excluding hydrogens is 408 g/mol. The standard InChI is InChI=1S/C18H11F2N3O3S2/c19-17(20)26-13-5-2-1-4-10(13)11-8-28-18(22-11)23-15(24)12-9-27-16(21-12)14-6-3-7-25-14/h1-9,17H,(H,22,23,24). The van der Waals surface area contributed by atoms with E-state index in [1.807, 2.05) is 0 Å². The van der Waals surface area contributed by atoms with Gasteiger partial charge in [0.2, 0.25) is 0 Å². The second kappa shape index (κ2) is 7.87. The van der Waals surface area contributed by atoms with E-state index >= 15 is 0 Å². The molecule has 10 heteroatoms. The molecule has 0 aliphatic heterocycles. The maximum Gasteiger partial charge on any atom is 0.387 e. The quantitative estimate of drug-likeness (QED) is 0.454. The van der Waals surface area contributed by atoms with Crippen molar-refractivity contribution < 1.29 is 22.7 Å². The summed E-state index contributed by atoms with van der Waals surface area (Å²) in [4.78, 5) is 20.9. The van der Waals surface area contributed by atoms with Gasteiger partial charge in [0.15, 0.2) is 15.9 Å². The molecule has 0 atom stereocenters. The van der Waals surface area contributed by atoms with Crippen molar-refractivity contribution in [1.82, 2.24) is 9.97 Å². The highest BCUT2D eigenvalue weighted by atomic mass is 32.1. The number of nitrogens with zero attached hydrogens (tertiary/aromatic N) is 2. The summed E-state index contributed by atoms with van der Waals surface area (Å²) in [5.41, 5.74) is 1.06. The van der Waals surface area contributed by atoms with Crippen LogP contribution >= 0.6 is 22.7 Å². The Hall–Kier alpha value is -3.11. The Morgan fingerprint density at radius 2 is 1.96 bits per heavy atom. The van der Waals surface area contributed by atoms with Crippen LogP contribution < -0.4 is 10.1 Å². The predicted molar refractivity (Wildman–Crippen MR) is 102 cm³/mol. The maximum absolute atomic E-state index is 12.6. The lowest BCUT2D eigenvalue weighted by Gasteiger charge is -2.08. The Morgan fingerprint density at radius 1 is 1.11 bits per heavy atom. The maximum atomic E-state index is 12.6. The fourth-order valence-corrected chi connectivity index (χ4v) is 3.86. The van der Waals surface area contributed by atoms with Crippen molar-refractivity contribution in [2.24, 2.45) is 0 Å². The van der Waals surface area contributed by atoms with Gasteiger partial charge in [0.25, 0.3) is 5.91 Å². The zero-order valence-corrected chi connectivity index (χ0v) is 15.6. The first-order valence-electron chi connectivity index (χ1n) is 7.90. The van der Waals surface area contributed by atoms with E-state index in [1.54, 1.807) is 41.1 Å². The van der Waals surface area contributed by atoms with Gasteiger partial charge in [-0.2, -0.15) is 8.78 Å². The van der Waals surface area contributed by atoms with Gasteiger partial charge in [-0.25, -0.2) is 9.97 Å². The van der Waals surface area contributed by atoms with Crippen LogP contribution in [0, 0.1) is 0 Å². The molecule has 0 aliphatic rings. The van der Waals surface area contributed by atoms with Gasteiger partial charge in [-0.3, -0.25) is 10.1 Å². The lowest BCUT2D eigenvalue weighted by Crippen LogP contribution is -2.12. The van der Waals surface area contributed by atoms with Gasteiger partial charge in [0.05, 0.1) is 12.0 Å². The number of alkyl halides is 2. The number of thiazole rings is 2. The fraction of sp³-hybridized carbons (Fsp3) is 0.0556. The lowest BCUT2D eigenvalue weighted by molar-refractivity contribution is -0.0494. The molecular formula is C18H11F2N3O3S2. The van der Waals surface area contributed by atoms with Crippen molar-refractivity contribution in [2.75, 3.05) is 5.32 Å². The minimum atomic E-state index is -2.94. The number of anilines is 1. The summed E-state index contributed by atoms with van der Waals surface area (Å²) in [6, 6.07) is 9.83. The topological polar surface area (TPSA) is 77.2 Å². The molecule has 1 amide bonds. The number of rotatable bonds is 6. The first kappa shape index (κ1) is 18.3. The zero-order chi connectivity index (χ0) is 19.5. The molecule has 1 N–H and O–H groups in total. The Labute approximate surface area is 165 Å². The highest BCUT2D eigenvalue weighted by Gasteiger charge is 2.17. The van der Waals surface area contributed by atoms with Gasteiger partial charge >= 0.3 is 6.61 Å². The highest BCUT2D eigenvalue weighted by Crippen LogP contribution is 2.33. The number of benzene rings is 1. The van der Waals surface area contributed by atoms with Gasteiger partial charge in [-0.05, 0) is 24.3 Å². The second-order valence-electron chi connectivity index (χ2n) is 5.38. The van der Waals surface area contributed by atoms with E-state index < -0.39 is 12.5 Å². The zero-order valence-electron chi connectivity index (χ0n) is 14.0. The third-order valence-electron chi connectivity index (χ3n) is 3.57. The van der Waals surface area contributed by atoms with Crippen molar-refractivity contribution in [3.8, 4) is 27.8 Å². The number of aromatic nitrogens is 2. The van der Waals surface area contributed by atoms with Crippen LogP contribution in [0.1, 0.15) is 10.5 Å². The molecule has 28 heavy (non-hydrogen) atoms. The summed E-state index contributed by atoms with van der Waals surface area (Å²) in [7, 11) is 0. The summed E-state index contributed by atoms with van der Waals surface area (Å²) >= 11 is 2.46. The number of furan rings is 1. The van der Waals surface area contributed by atoms with Gasteiger partial charge < -0.3 is 9.15 Å². The van der Waals surface area contributed by atoms with Crippen molar-refractivity contribution in [1.29, 1.82) is 0 Å². The average Bonchev–Trinajstić information content (AvgIpc) is 3.42. The summed E-state index contributed by atoms with van der Waals surface area (Å²) in [5, 5.41) is 6.84. The number of hydrogen-bond donors (Lipinski definition) is 1. The van der Waals surface area contributed by atoms with E-state index in [4.69, 9.17) is 4.42 Å². The summed E-state index contributed by atoms with van der Waals surface area (Å²) in [6.45, 7) is -2.94. The van der Waals surface area contributed by atoms with Crippen LogP contribution in [0.4, 0.5) is 13.9 Å².